The summed E-state index contributed by atoms with van der Waals surface area (Å²) in [6.45, 7) is 2.34. The lowest BCUT2D eigenvalue weighted by Gasteiger charge is -2.34. The van der Waals surface area contributed by atoms with Crippen LogP contribution in [0.15, 0.2) is 58.0 Å². The highest BCUT2D eigenvalue weighted by Crippen LogP contribution is 2.18. The van der Waals surface area contributed by atoms with Gasteiger partial charge in [-0.2, -0.15) is 0 Å². The molecule has 0 atom stereocenters. The van der Waals surface area contributed by atoms with E-state index in [1.807, 2.05) is 29.2 Å². The summed E-state index contributed by atoms with van der Waals surface area (Å²) in [6, 6.07) is 14.5. The van der Waals surface area contributed by atoms with E-state index in [1.54, 1.807) is 36.3 Å². The standard InChI is InChI=1S/C20H21BrN4O3/c1-28-18-4-2-3-15(13-18)19(27)23-20(22-17-7-5-16(21)6-8-17)25-11-9-24(14-26)10-12-25/h2-8,13-14H,9-12H2,1H3,(H,22,23,27). The molecule has 0 radical (unpaired) electrons. The summed E-state index contributed by atoms with van der Waals surface area (Å²) in [5.74, 6) is 0.798. The van der Waals surface area contributed by atoms with E-state index in [1.165, 1.54) is 0 Å². The van der Waals surface area contributed by atoms with Crippen LogP contribution in [0.3, 0.4) is 0 Å². The van der Waals surface area contributed by atoms with Crippen molar-refractivity contribution in [2.75, 3.05) is 33.3 Å². The number of methoxy groups -OCH3 is 1. The average molecular weight is 445 g/mol. The molecule has 0 unspecified atom stereocenters. The summed E-state index contributed by atoms with van der Waals surface area (Å²) in [5.41, 5.74) is 1.20. The van der Waals surface area contributed by atoms with Gasteiger partial charge in [0, 0.05) is 36.2 Å². The molecule has 8 heteroatoms. The van der Waals surface area contributed by atoms with E-state index < -0.39 is 0 Å². The number of nitrogens with one attached hydrogen (secondary N) is 1. The number of hydrogen-bond acceptors (Lipinski definition) is 4. The number of nitrogens with zero attached hydrogens (tertiary/aromatic N) is 3. The molecule has 0 aromatic heterocycles. The SMILES string of the molecule is COc1cccc(C(=O)NC(=Nc2ccc(Br)cc2)N2CCN(C=O)CC2)c1. The van der Waals surface area contributed by atoms with Crippen molar-refractivity contribution in [1.29, 1.82) is 0 Å². The first-order chi connectivity index (χ1) is 13.6. The Morgan fingerprint density at radius 2 is 1.86 bits per heavy atom. The normalized spacial score (nSPS) is 14.6. The quantitative estimate of drug-likeness (QED) is 0.446. The third-order valence-electron chi connectivity index (χ3n) is 4.38. The van der Waals surface area contributed by atoms with Crippen molar-refractivity contribution in [2.24, 2.45) is 4.99 Å². The van der Waals surface area contributed by atoms with Crippen molar-refractivity contribution in [1.82, 2.24) is 15.1 Å². The van der Waals surface area contributed by atoms with Crippen LogP contribution in [-0.4, -0.2) is 61.4 Å². The lowest BCUT2D eigenvalue weighted by molar-refractivity contribution is -0.119. The molecule has 1 heterocycles. The fourth-order valence-corrected chi connectivity index (χ4v) is 3.06. The van der Waals surface area contributed by atoms with Crippen LogP contribution in [0.1, 0.15) is 10.4 Å². The second-order valence-corrected chi connectivity index (χ2v) is 7.14. The summed E-state index contributed by atoms with van der Waals surface area (Å²) >= 11 is 3.41. The van der Waals surface area contributed by atoms with E-state index in [4.69, 9.17) is 4.74 Å². The number of aliphatic imine (C=N–C) groups is 1. The Kier molecular flexibility index (Phi) is 6.65. The van der Waals surface area contributed by atoms with E-state index in [0.717, 1.165) is 16.6 Å². The molecule has 1 fully saturated rings. The van der Waals surface area contributed by atoms with E-state index in [9.17, 15) is 9.59 Å². The van der Waals surface area contributed by atoms with Gasteiger partial charge in [-0.3, -0.25) is 14.9 Å². The van der Waals surface area contributed by atoms with Crippen molar-refractivity contribution < 1.29 is 14.3 Å². The number of rotatable bonds is 4. The van der Waals surface area contributed by atoms with Crippen molar-refractivity contribution >= 4 is 39.9 Å². The van der Waals surface area contributed by atoms with Gasteiger partial charge in [-0.1, -0.05) is 22.0 Å². The predicted octanol–water partition coefficient (Wildman–Crippen LogP) is 2.65. The molecule has 2 aromatic carbocycles. The number of benzene rings is 2. The van der Waals surface area contributed by atoms with Gasteiger partial charge in [-0.05, 0) is 42.5 Å². The van der Waals surface area contributed by atoms with Gasteiger partial charge in [0.25, 0.3) is 5.91 Å². The maximum absolute atomic E-state index is 12.8. The fourth-order valence-electron chi connectivity index (χ4n) is 2.79. The van der Waals surface area contributed by atoms with Crippen LogP contribution >= 0.6 is 15.9 Å². The van der Waals surface area contributed by atoms with Crippen LogP contribution in [-0.2, 0) is 4.79 Å². The second-order valence-electron chi connectivity index (χ2n) is 6.23. The van der Waals surface area contributed by atoms with E-state index in [2.05, 4.69) is 26.2 Å². The molecular formula is C20H21BrN4O3. The minimum Gasteiger partial charge on any atom is -0.497 e. The third kappa shape index (κ3) is 5.10. The molecule has 0 aliphatic carbocycles. The van der Waals surface area contributed by atoms with Gasteiger partial charge in [0.15, 0.2) is 0 Å². The first kappa shape index (κ1) is 19.9. The van der Waals surface area contributed by atoms with Gasteiger partial charge in [-0.15, -0.1) is 0 Å². The maximum Gasteiger partial charge on any atom is 0.258 e. The topological polar surface area (TPSA) is 74.2 Å². The molecule has 0 bridgehead atoms. The molecule has 0 saturated carbocycles. The first-order valence-corrected chi connectivity index (χ1v) is 9.62. The number of amides is 2. The lowest BCUT2D eigenvalue weighted by atomic mass is 10.2. The monoisotopic (exact) mass is 444 g/mol. The van der Waals surface area contributed by atoms with Gasteiger partial charge in [0.1, 0.15) is 5.75 Å². The van der Waals surface area contributed by atoms with Crippen molar-refractivity contribution in [2.45, 2.75) is 0 Å². The van der Waals surface area contributed by atoms with Crippen molar-refractivity contribution in [3.63, 3.8) is 0 Å². The van der Waals surface area contributed by atoms with Crippen LogP contribution in [0, 0.1) is 0 Å². The highest BCUT2D eigenvalue weighted by atomic mass is 79.9. The van der Waals surface area contributed by atoms with E-state index >= 15 is 0 Å². The molecule has 3 rings (SSSR count). The summed E-state index contributed by atoms with van der Waals surface area (Å²) in [6.07, 6.45) is 0.845. The molecule has 2 amide bonds. The molecule has 1 aliphatic heterocycles. The van der Waals surface area contributed by atoms with Gasteiger partial charge in [0.2, 0.25) is 12.4 Å². The number of guanidine groups is 1. The molecule has 28 heavy (non-hydrogen) atoms. The fraction of sp³-hybridized carbons (Fsp3) is 0.250. The molecule has 7 nitrogen and oxygen atoms in total. The van der Waals surface area contributed by atoms with Crippen LogP contribution in [0.2, 0.25) is 0 Å². The number of halogens is 1. The lowest BCUT2D eigenvalue weighted by Crippen LogP contribution is -2.53. The number of piperazine rings is 1. The Hall–Kier alpha value is -2.87. The Balaban J connectivity index is 1.84. The van der Waals surface area contributed by atoms with E-state index in [-0.39, 0.29) is 5.91 Å². The van der Waals surface area contributed by atoms with Crippen molar-refractivity contribution in [3.8, 4) is 5.75 Å². The molecule has 0 spiro atoms. The number of ether oxygens (including phenoxy) is 1. The Labute approximate surface area is 172 Å². The maximum atomic E-state index is 12.8. The molecule has 146 valence electrons. The third-order valence-corrected chi connectivity index (χ3v) is 4.91. The minimum atomic E-state index is -0.271. The number of hydrogen-bond donors (Lipinski definition) is 1. The molecule has 1 saturated heterocycles. The number of carbonyl (C=O) groups excluding carboxylic acids is 2. The van der Waals surface area contributed by atoms with Crippen LogP contribution in [0.5, 0.6) is 5.75 Å². The predicted molar refractivity (Wildman–Crippen MR) is 111 cm³/mol. The Bertz CT molecular complexity index is 862. The zero-order chi connectivity index (χ0) is 19.9. The zero-order valence-corrected chi connectivity index (χ0v) is 17.1. The first-order valence-electron chi connectivity index (χ1n) is 8.83. The average Bonchev–Trinajstić information content (AvgIpc) is 2.75. The Morgan fingerprint density at radius 3 is 2.50 bits per heavy atom. The minimum absolute atomic E-state index is 0.271. The molecule has 2 aromatic rings. The largest absolute Gasteiger partial charge is 0.497 e. The van der Waals surface area contributed by atoms with Gasteiger partial charge >= 0.3 is 0 Å². The van der Waals surface area contributed by atoms with Gasteiger partial charge in [0.05, 0.1) is 12.8 Å². The van der Waals surface area contributed by atoms with E-state index in [0.29, 0.717) is 43.5 Å². The summed E-state index contributed by atoms with van der Waals surface area (Å²) in [7, 11) is 1.56. The number of carbonyl (C=O) groups is 2. The second kappa shape index (κ2) is 9.36. The zero-order valence-electron chi connectivity index (χ0n) is 15.5. The summed E-state index contributed by atoms with van der Waals surface area (Å²) < 4.78 is 6.15. The van der Waals surface area contributed by atoms with Gasteiger partial charge in [-0.25, -0.2) is 4.99 Å². The van der Waals surface area contributed by atoms with Crippen LogP contribution < -0.4 is 10.1 Å². The Morgan fingerprint density at radius 1 is 1.14 bits per heavy atom. The smallest absolute Gasteiger partial charge is 0.258 e. The van der Waals surface area contributed by atoms with Crippen molar-refractivity contribution in [3.05, 3.63) is 58.6 Å². The van der Waals surface area contributed by atoms with Crippen LogP contribution in [0.25, 0.3) is 0 Å². The highest BCUT2D eigenvalue weighted by molar-refractivity contribution is 9.10. The van der Waals surface area contributed by atoms with Gasteiger partial charge < -0.3 is 14.5 Å². The molecule has 1 aliphatic rings. The molecular weight excluding hydrogens is 424 g/mol. The van der Waals surface area contributed by atoms with Crippen LogP contribution in [0.4, 0.5) is 5.69 Å². The summed E-state index contributed by atoms with van der Waals surface area (Å²) in [5, 5.41) is 2.91. The highest BCUT2D eigenvalue weighted by Gasteiger charge is 2.21. The summed E-state index contributed by atoms with van der Waals surface area (Å²) in [4.78, 5) is 32.1. The molecule has 1 N–H and O–H groups in total.